The van der Waals surface area contributed by atoms with E-state index in [0.29, 0.717) is 17.9 Å². The van der Waals surface area contributed by atoms with Crippen molar-refractivity contribution in [1.82, 2.24) is 15.0 Å². The van der Waals surface area contributed by atoms with Gasteiger partial charge in [-0.1, -0.05) is 13.3 Å². The fourth-order valence-electron chi connectivity index (χ4n) is 2.51. The van der Waals surface area contributed by atoms with Crippen molar-refractivity contribution in [2.75, 3.05) is 5.43 Å². The first kappa shape index (κ1) is 13.1. The normalized spacial score (nSPS) is 25.1. The highest BCUT2D eigenvalue weighted by atomic mass is 16.1. The second-order valence-electron chi connectivity index (χ2n) is 5.08. The fourth-order valence-corrected chi connectivity index (χ4v) is 2.51. The van der Waals surface area contributed by atoms with Crippen LogP contribution in [0.5, 0.6) is 0 Å². The molecule has 100 valence electrons. The van der Waals surface area contributed by atoms with E-state index >= 15 is 0 Å². The molecule has 0 saturated carbocycles. The summed E-state index contributed by atoms with van der Waals surface area (Å²) in [6.07, 6.45) is 4.36. The van der Waals surface area contributed by atoms with Crippen LogP contribution < -0.4 is 11.0 Å². The van der Waals surface area contributed by atoms with Crippen LogP contribution in [0.4, 0.5) is 5.82 Å². The van der Waals surface area contributed by atoms with Crippen LogP contribution >= 0.6 is 0 Å². The van der Waals surface area contributed by atoms with E-state index in [2.05, 4.69) is 34.3 Å². The van der Waals surface area contributed by atoms with Gasteiger partial charge in [-0.15, -0.1) is 0 Å². The molecule has 0 aliphatic carbocycles. The predicted molar refractivity (Wildman–Crippen MR) is 72.5 cm³/mol. The lowest BCUT2D eigenvalue weighted by molar-refractivity contribution is 0.135. The van der Waals surface area contributed by atoms with E-state index < -0.39 is 0 Å². The Morgan fingerprint density at radius 1 is 1.44 bits per heavy atom. The highest BCUT2D eigenvalue weighted by Gasteiger charge is 2.24. The Morgan fingerprint density at radius 2 is 2.11 bits per heavy atom. The molecule has 1 aromatic heterocycles. The minimum Gasteiger partial charge on any atom is -0.310 e. The zero-order chi connectivity index (χ0) is 13.1. The van der Waals surface area contributed by atoms with Crippen LogP contribution in [0, 0.1) is 0 Å². The molecule has 5 heteroatoms. The summed E-state index contributed by atoms with van der Waals surface area (Å²) in [5.74, 6) is 1.37. The molecule has 1 aromatic rings. The molecule has 0 bridgehead atoms. The minimum atomic E-state index is -0.0957. The molecule has 1 fully saturated rings. The highest BCUT2D eigenvalue weighted by Crippen LogP contribution is 2.22. The van der Waals surface area contributed by atoms with Crippen LogP contribution in [-0.4, -0.2) is 27.1 Å². The topological polar surface area (TPSA) is 61.0 Å². The summed E-state index contributed by atoms with van der Waals surface area (Å²) in [6.45, 7) is 6.39. The zero-order valence-corrected chi connectivity index (χ0v) is 11.4. The molecule has 0 amide bonds. The van der Waals surface area contributed by atoms with Gasteiger partial charge in [-0.25, -0.2) is 9.99 Å². The standard InChI is InChI=1S/C13H22N4O/c1-4-11-14-12(8-13(18)15-11)16-17-9(2)6-5-7-10(17)3/h8-10H,4-7H2,1-3H3,(H2,14,15,16,18). The molecule has 2 unspecified atom stereocenters. The quantitative estimate of drug-likeness (QED) is 0.860. The van der Waals surface area contributed by atoms with Gasteiger partial charge >= 0.3 is 0 Å². The zero-order valence-electron chi connectivity index (χ0n) is 11.4. The maximum atomic E-state index is 11.5. The minimum absolute atomic E-state index is 0.0957. The molecule has 1 aliphatic rings. The number of aryl methyl sites for hydroxylation is 1. The van der Waals surface area contributed by atoms with Crippen molar-refractivity contribution in [3.05, 3.63) is 22.2 Å². The van der Waals surface area contributed by atoms with Gasteiger partial charge in [-0.3, -0.25) is 4.79 Å². The first-order valence-electron chi connectivity index (χ1n) is 6.75. The second kappa shape index (κ2) is 5.52. The number of hydrogen-bond donors (Lipinski definition) is 2. The number of nitrogens with one attached hydrogen (secondary N) is 2. The van der Waals surface area contributed by atoms with Gasteiger partial charge in [0, 0.05) is 24.6 Å². The molecule has 2 N–H and O–H groups in total. The molecule has 2 atom stereocenters. The number of hydrazine groups is 1. The average molecular weight is 250 g/mol. The number of aromatic nitrogens is 2. The van der Waals surface area contributed by atoms with Crippen molar-refractivity contribution in [2.24, 2.45) is 0 Å². The molecule has 0 radical (unpaired) electrons. The number of hydrogen-bond acceptors (Lipinski definition) is 4. The van der Waals surface area contributed by atoms with Crippen LogP contribution in [0.25, 0.3) is 0 Å². The first-order chi connectivity index (χ1) is 8.60. The van der Waals surface area contributed by atoms with Crippen LogP contribution in [0.1, 0.15) is 45.9 Å². The summed E-state index contributed by atoms with van der Waals surface area (Å²) < 4.78 is 0. The molecular formula is C13H22N4O. The van der Waals surface area contributed by atoms with Gasteiger partial charge in [0.1, 0.15) is 11.6 Å². The smallest absolute Gasteiger partial charge is 0.253 e. The number of anilines is 1. The number of rotatable bonds is 3. The summed E-state index contributed by atoms with van der Waals surface area (Å²) in [6, 6.07) is 2.47. The van der Waals surface area contributed by atoms with Gasteiger partial charge in [0.05, 0.1) is 0 Å². The van der Waals surface area contributed by atoms with E-state index in [4.69, 9.17) is 0 Å². The summed E-state index contributed by atoms with van der Waals surface area (Å²) >= 11 is 0. The van der Waals surface area contributed by atoms with Gasteiger partial charge in [-0.05, 0) is 26.7 Å². The van der Waals surface area contributed by atoms with Crippen molar-refractivity contribution in [1.29, 1.82) is 0 Å². The largest absolute Gasteiger partial charge is 0.310 e. The number of piperidine rings is 1. The van der Waals surface area contributed by atoms with E-state index in [9.17, 15) is 4.79 Å². The van der Waals surface area contributed by atoms with Crippen LogP contribution in [0.3, 0.4) is 0 Å². The molecule has 0 spiro atoms. The van der Waals surface area contributed by atoms with Crippen LogP contribution in [-0.2, 0) is 6.42 Å². The summed E-state index contributed by atoms with van der Waals surface area (Å²) in [7, 11) is 0. The van der Waals surface area contributed by atoms with E-state index in [0.717, 1.165) is 12.2 Å². The van der Waals surface area contributed by atoms with Gasteiger partial charge < -0.3 is 10.4 Å². The van der Waals surface area contributed by atoms with E-state index in [1.807, 2.05) is 6.92 Å². The van der Waals surface area contributed by atoms with E-state index in [-0.39, 0.29) is 5.56 Å². The molecule has 1 aliphatic heterocycles. The monoisotopic (exact) mass is 250 g/mol. The number of aromatic amines is 1. The SMILES string of the molecule is CCc1nc(NN2C(C)CCCC2C)cc(=O)[nH]1. The van der Waals surface area contributed by atoms with Gasteiger partial charge in [0.25, 0.3) is 5.56 Å². The number of nitrogens with zero attached hydrogens (tertiary/aromatic N) is 2. The fraction of sp³-hybridized carbons (Fsp3) is 0.692. The Bertz CT molecular complexity index is 447. The Kier molecular flexibility index (Phi) is 4.01. The lowest BCUT2D eigenvalue weighted by Gasteiger charge is -2.39. The average Bonchev–Trinajstić information content (AvgIpc) is 2.33. The summed E-state index contributed by atoms with van der Waals surface area (Å²) in [5, 5.41) is 2.21. The lowest BCUT2D eigenvalue weighted by atomic mass is 10.00. The van der Waals surface area contributed by atoms with Crippen molar-refractivity contribution < 1.29 is 0 Å². The third-order valence-corrected chi connectivity index (χ3v) is 3.56. The van der Waals surface area contributed by atoms with Crippen molar-refractivity contribution >= 4 is 5.82 Å². The predicted octanol–water partition coefficient (Wildman–Crippen LogP) is 1.92. The van der Waals surface area contributed by atoms with Crippen molar-refractivity contribution in [2.45, 2.75) is 58.5 Å². The maximum absolute atomic E-state index is 11.5. The van der Waals surface area contributed by atoms with Crippen LogP contribution in [0.2, 0.25) is 0 Å². The van der Waals surface area contributed by atoms with Crippen LogP contribution in [0.15, 0.2) is 10.9 Å². The molecule has 1 saturated heterocycles. The van der Waals surface area contributed by atoms with E-state index in [1.165, 1.54) is 25.3 Å². The molecule has 18 heavy (non-hydrogen) atoms. The molecule has 0 aromatic carbocycles. The Labute approximate surface area is 108 Å². The third-order valence-electron chi connectivity index (χ3n) is 3.56. The lowest BCUT2D eigenvalue weighted by Crippen LogP contribution is -2.47. The third kappa shape index (κ3) is 2.90. The Morgan fingerprint density at radius 3 is 2.72 bits per heavy atom. The summed E-state index contributed by atoms with van der Waals surface area (Å²) in [5.41, 5.74) is 3.20. The molecule has 5 nitrogen and oxygen atoms in total. The Hall–Kier alpha value is -1.36. The van der Waals surface area contributed by atoms with Crippen molar-refractivity contribution in [3.63, 3.8) is 0 Å². The van der Waals surface area contributed by atoms with Crippen molar-refractivity contribution in [3.8, 4) is 0 Å². The number of H-pyrrole nitrogens is 1. The van der Waals surface area contributed by atoms with Gasteiger partial charge in [-0.2, -0.15) is 0 Å². The highest BCUT2D eigenvalue weighted by molar-refractivity contribution is 5.32. The maximum Gasteiger partial charge on any atom is 0.253 e. The first-order valence-corrected chi connectivity index (χ1v) is 6.75. The molecule has 2 rings (SSSR count). The van der Waals surface area contributed by atoms with E-state index in [1.54, 1.807) is 0 Å². The van der Waals surface area contributed by atoms with Gasteiger partial charge in [0.2, 0.25) is 0 Å². The Balaban J connectivity index is 2.17. The molecule has 2 heterocycles. The van der Waals surface area contributed by atoms with Gasteiger partial charge in [0.15, 0.2) is 0 Å². The second-order valence-corrected chi connectivity index (χ2v) is 5.08. The molecular weight excluding hydrogens is 228 g/mol. The summed E-state index contributed by atoms with van der Waals surface area (Å²) in [4.78, 5) is 18.7.